The van der Waals surface area contributed by atoms with E-state index in [4.69, 9.17) is 19.4 Å². The van der Waals surface area contributed by atoms with E-state index in [1.54, 1.807) is 7.11 Å². The third-order valence-electron chi connectivity index (χ3n) is 14.0. The molecular formula is C51H62N8O5. The number of hydrogen-bond acceptors (Lipinski definition) is 8. The van der Waals surface area contributed by atoms with Crippen LogP contribution in [0.25, 0.3) is 44.5 Å². The Morgan fingerprint density at radius 3 is 1.92 bits per heavy atom. The molecule has 5 aromatic rings. The van der Waals surface area contributed by atoms with Gasteiger partial charge in [-0.2, -0.15) is 0 Å². The van der Waals surface area contributed by atoms with E-state index in [1.165, 1.54) is 34.9 Å². The number of nitrogens with one attached hydrogen (secondary N) is 4. The second-order valence-electron chi connectivity index (χ2n) is 19.3. The molecule has 8 unspecified atom stereocenters. The first-order chi connectivity index (χ1) is 30.8. The molecule has 2 aliphatic heterocycles. The molecule has 4 aliphatic rings. The summed E-state index contributed by atoms with van der Waals surface area (Å²) in [6.45, 7) is 13.9. The van der Waals surface area contributed by atoms with Gasteiger partial charge in [0.2, 0.25) is 11.8 Å². The Balaban J connectivity index is 0.960. The zero-order chi connectivity index (χ0) is 45.0. The number of H-pyrrole nitrogens is 2. The third-order valence-corrected chi connectivity index (χ3v) is 14.0. The summed E-state index contributed by atoms with van der Waals surface area (Å²) in [5, 5.41) is 6.03. The van der Waals surface area contributed by atoms with Crippen molar-refractivity contribution in [3.63, 3.8) is 0 Å². The van der Waals surface area contributed by atoms with Gasteiger partial charge in [0, 0.05) is 32.0 Å². The summed E-state index contributed by atoms with van der Waals surface area (Å²) in [6.07, 6.45) is 8.72. The molecule has 8 atom stereocenters. The minimum absolute atomic E-state index is 0.0925. The van der Waals surface area contributed by atoms with E-state index in [2.05, 4.69) is 115 Å². The van der Waals surface area contributed by atoms with Gasteiger partial charge in [0.1, 0.15) is 17.7 Å². The van der Waals surface area contributed by atoms with E-state index >= 15 is 0 Å². The number of allylic oxidation sites excluding steroid dienone is 2. The minimum Gasteiger partial charge on any atom is -0.453 e. The number of ether oxygens (including phenoxy) is 2. The molecule has 13 nitrogen and oxygen atoms in total. The van der Waals surface area contributed by atoms with Crippen molar-refractivity contribution in [1.29, 1.82) is 0 Å². The maximum Gasteiger partial charge on any atom is 0.407 e. The van der Waals surface area contributed by atoms with Crippen molar-refractivity contribution in [3.8, 4) is 33.5 Å². The van der Waals surface area contributed by atoms with Crippen LogP contribution >= 0.6 is 0 Å². The second-order valence-corrected chi connectivity index (χ2v) is 19.3. The van der Waals surface area contributed by atoms with E-state index in [-0.39, 0.29) is 47.7 Å². The number of methoxy groups -OCH3 is 2. The highest BCUT2D eigenvalue weighted by atomic mass is 16.5. The predicted octanol–water partition coefficient (Wildman–Crippen LogP) is 8.85. The lowest BCUT2D eigenvalue weighted by Gasteiger charge is -2.30. The van der Waals surface area contributed by atoms with Crippen LogP contribution in [0.15, 0.2) is 72.9 Å². The predicted molar refractivity (Wildman–Crippen MR) is 248 cm³/mol. The summed E-state index contributed by atoms with van der Waals surface area (Å²) in [5.74, 6) is 2.94. The molecular weight excluding hydrogens is 805 g/mol. The van der Waals surface area contributed by atoms with Gasteiger partial charge >= 0.3 is 6.09 Å². The average molecular weight is 867 g/mol. The van der Waals surface area contributed by atoms with E-state index in [9.17, 15) is 14.4 Å². The Morgan fingerprint density at radius 2 is 1.31 bits per heavy atom. The Labute approximate surface area is 375 Å². The molecule has 3 amide bonds. The quantitative estimate of drug-likeness (QED) is 0.0676. The normalized spacial score (nSPS) is 23.4. The van der Waals surface area contributed by atoms with Crippen molar-refractivity contribution in [2.24, 2.45) is 23.7 Å². The molecule has 2 aliphatic carbocycles. The van der Waals surface area contributed by atoms with E-state index in [1.807, 2.05) is 29.8 Å². The van der Waals surface area contributed by atoms with Crippen molar-refractivity contribution in [2.45, 2.75) is 96.8 Å². The number of carbonyl (C=O) groups excluding carboxylic acids is 3. The highest BCUT2D eigenvalue weighted by molar-refractivity contribution is 5.88. The molecule has 4 N–H and O–H groups in total. The largest absolute Gasteiger partial charge is 0.453 e. The molecule has 2 saturated heterocycles. The third kappa shape index (κ3) is 8.01. The molecule has 336 valence electrons. The zero-order valence-corrected chi connectivity index (χ0v) is 38.3. The number of amides is 3. The van der Waals surface area contributed by atoms with E-state index < -0.39 is 12.1 Å². The van der Waals surface area contributed by atoms with Crippen molar-refractivity contribution >= 4 is 28.9 Å². The fourth-order valence-electron chi connectivity index (χ4n) is 10.8. The average Bonchev–Trinajstić information content (AvgIpc) is 4.16. The molecule has 3 aromatic carbocycles. The SMILES string of the molecule is COCNC(C(=O)N1CC(C)CC1c1nc2ccc(-c3ccc(-c4ccc(-c5cnc(C6CC(C)CN6C(=O)C(NC(=O)OC)C(C)C)[nH]5)cc4)c4c3C3C=CC4C3)cc2[nH]1)C(C)C. The minimum atomic E-state index is -0.693. The van der Waals surface area contributed by atoms with Crippen LogP contribution in [0.1, 0.15) is 108 Å². The number of alkyl carbamates (subject to hydrolysis) is 1. The first-order valence-corrected chi connectivity index (χ1v) is 23.0. The molecule has 0 radical (unpaired) electrons. The van der Waals surface area contributed by atoms with Crippen LogP contribution in [0, 0.1) is 23.7 Å². The maximum atomic E-state index is 13.9. The van der Waals surface area contributed by atoms with Crippen molar-refractivity contribution in [3.05, 3.63) is 95.7 Å². The van der Waals surface area contributed by atoms with E-state index in [0.29, 0.717) is 37.6 Å². The Kier molecular flexibility index (Phi) is 12.0. The number of aromatic nitrogens is 4. The van der Waals surface area contributed by atoms with Crippen molar-refractivity contribution < 1.29 is 23.9 Å². The molecule has 13 heteroatoms. The van der Waals surface area contributed by atoms with Crippen LogP contribution < -0.4 is 10.6 Å². The number of hydrogen-bond donors (Lipinski definition) is 4. The van der Waals surface area contributed by atoms with E-state index in [0.717, 1.165) is 58.8 Å². The Bertz CT molecular complexity index is 2580. The van der Waals surface area contributed by atoms with Gasteiger partial charge in [-0.05, 0) is 94.0 Å². The van der Waals surface area contributed by atoms with Crippen LogP contribution in [0.4, 0.5) is 4.79 Å². The molecule has 0 saturated carbocycles. The highest BCUT2D eigenvalue weighted by Crippen LogP contribution is 2.55. The number of fused-ring (bicyclic) bond motifs is 6. The fourth-order valence-corrected chi connectivity index (χ4v) is 10.8. The second kappa shape index (κ2) is 17.6. The molecule has 2 fully saturated rings. The fraction of sp³-hybridized carbons (Fsp3) is 0.471. The Hall–Kier alpha value is -5.79. The van der Waals surface area contributed by atoms with Gasteiger partial charge in [0.05, 0.1) is 54.9 Å². The number of rotatable bonds is 13. The summed E-state index contributed by atoms with van der Waals surface area (Å²) in [4.78, 5) is 60.8. The van der Waals surface area contributed by atoms with Gasteiger partial charge in [0.25, 0.3) is 0 Å². The molecule has 0 spiro atoms. The monoisotopic (exact) mass is 866 g/mol. The topological polar surface area (TPSA) is 158 Å². The summed E-state index contributed by atoms with van der Waals surface area (Å²) >= 11 is 0. The van der Waals surface area contributed by atoms with Gasteiger partial charge in [-0.1, -0.05) is 96.2 Å². The van der Waals surface area contributed by atoms with Gasteiger partial charge < -0.3 is 34.6 Å². The van der Waals surface area contributed by atoms with Gasteiger partial charge in [0.15, 0.2) is 0 Å². The van der Waals surface area contributed by atoms with Gasteiger partial charge in [-0.15, -0.1) is 0 Å². The summed E-state index contributed by atoms with van der Waals surface area (Å²) in [5.41, 5.74) is 11.4. The summed E-state index contributed by atoms with van der Waals surface area (Å²) in [6, 6.07) is 18.4. The summed E-state index contributed by atoms with van der Waals surface area (Å²) in [7, 11) is 2.94. The molecule has 2 bridgehead atoms. The van der Waals surface area contributed by atoms with Crippen LogP contribution in [0.2, 0.25) is 0 Å². The summed E-state index contributed by atoms with van der Waals surface area (Å²) < 4.78 is 10.1. The molecule has 4 heterocycles. The van der Waals surface area contributed by atoms with Crippen molar-refractivity contribution in [1.82, 2.24) is 40.4 Å². The van der Waals surface area contributed by atoms with Crippen LogP contribution in [0.3, 0.4) is 0 Å². The lowest BCUT2D eigenvalue weighted by atomic mass is 9.84. The number of aromatic amines is 2. The first kappa shape index (κ1) is 43.5. The standard InChI is InChI=1S/C51H62N8O5/c1-27(2)45(53-26-63-7)49(60)59-25-30(6)20-42(59)48-54-38-18-15-33(22-39(38)55-48)37-17-16-36(43-34-13-14-35(21-34)44(37)43)31-9-11-32(12-10-31)40-23-52-47(56-40)41-19-29(5)24-58(41)50(61)46(28(3)4)57-51(62)64-8/h9-18,22-23,27-30,34-35,41-42,45-46,53H,19-21,24-26H2,1-8H3,(H,52,56)(H,54,55)(H,57,62). The van der Waals surface area contributed by atoms with Crippen LogP contribution in [-0.2, 0) is 19.1 Å². The first-order valence-electron chi connectivity index (χ1n) is 23.0. The van der Waals surface area contributed by atoms with Gasteiger partial charge in [-0.3, -0.25) is 14.9 Å². The number of carbonyl (C=O) groups is 3. The Morgan fingerprint density at radius 1 is 0.734 bits per heavy atom. The zero-order valence-electron chi connectivity index (χ0n) is 38.3. The number of imidazole rings is 2. The highest BCUT2D eigenvalue weighted by Gasteiger charge is 2.42. The lowest BCUT2D eigenvalue weighted by molar-refractivity contribution is -0.136. The van der Waals surface area contributed by atoms with Gasteiger partial charge in [-0.25, -0.2) is 14.8 Å². The molecule has 2 aromatic heterocycles. The number of likely N-dealkylation sites (tertiary alicyclic amines) is 2. The van der Waals surface area contributed by atoms with Crippen molar-refractivity contribution in [2.75, 3.05) is 34.0 Å². The van der Waals surface area contributed by atoms with Crippen LogP contribution in [-0.4, -0.2) is 93.8 Å². The lowest BCUT2D eigenvalue weighted by Crippen LogP contribution is -2.51. The van der Waals surface area contributed by atoms with Crippen LogP contribution in [0.5, 0.6) is 0 Å². The smallest absolute Gasteiger partial charge is 0.407 e. The molecule has 64 heavy (non-hydrogen) atoms. The number of nitrogens with zero attached hydrogens (tertiary/aromatic N) is 4. The maximum absolute atomic E-state index is 13.9. The number of benzene rings is 3. The molecule has 9 rings (SSSR count).